The van der Waals surface area contributed by atoms with Gasteiger partial charge in [0.2, 0.25) is 0 Å². The largest absolute Gasteiger partial charge is 0.416 e. The highest BCUT2D eigenvalue weighted by Gasteiger charge is 2.30. The van der Waals surface area contributed by atoms with E-state index in [4.69, 9.17) is 16.3 Å². The maximum absolute atomic E-state index is 12.9. The summed E-state index contributed by atoms with van der Waals surface area (Å²) in [5, 5.41) is 3.01. The second-order valence-corrected chi connectivity index (χ2v) is 9.40. The first kappa shape index (κ1) is 27.6. The summed E-state index contributed by atoms with van der Waals surface area (Å²) in [5.41, 5.74) is 1.22. The van der Waals surface area contributed by atoms with E-state index < -0.39 is 23.7 Å². The Bertz CT molecular complexity index is 1210. The number of urea groups is 1. The van der Waals surface area contributed by atoms with Gasteiger partial charge in [-0.1, -0.05) is 54.1 Å². The lowest BCUT2D eigenvalue weighted by molar-refractivity contribution is -0.137. The molecular weight excluding hydrogens is 519 g/mol. The first-order valence-electron chi connectivity index (χ1n) is 12.1. The summed E-state index contributed by atoms with van der Waals surface area (Å²) in [6.07, 6.45) is -4.76. The Kier molecular flexibility index (Phi) is 9.04. The Hall–Kier alpha value is -3.40. The molecule has 3 aromatic rings. The molecule has 1 N–H and O–H groups in total. The Morgan fingerprint density at radius 3 is 2.13 bits per heavy atom. The van der Waals surface area contributed by atoms with Crippen molar-refractivity contribution in [2.45, 2.75) is 18.9 Å². The summed E-state index contributed by atoms with van der Waals surface area (Å²) in [6.45, 7) is 2.65. The Morgan fingerprint density at radius 1 is 0.895 bits per heavy atom. The van der Waals surface area contributed by atoms with Crippen molar-refractivity contribution in [1.82, 2.24) is 15.1 Å². The van der Waals surface area contributed by atoms with Gasteiger partial charge in [-0.25, -0.2) is 4.79 Å². The normalized spacial score (nSPS) is 15.2. The van der Waals surface area contributed by atoms with Crippen LogP contribution in [-0.2, 0) is 17.5 Å². The standard InChI is InChI=1S/C28H27ClF3N3O3/c29-24-12-8-21(9-13-24)25(38-19-20-6-10-23(11-7-20)28(30,31)32)18-34-14-16-35(17-15-34)27(37)33-26(36)22-4-2-1-3-5-22/h1-13,25H,14-19H2,(H,33,36,37). The molecule has 0 bridgehead atoms. The molecule has 6 nitrogen and oxygen atoms in total. The average Bonchev–Trinajstić information content (AvgIpc) is 2.92. The van der Waals surface area contributed by atoms with E-state index in [1.807, 2.05) is 12.1 Å². The van der Waals surface area contributed by atoms with Gasteiger partial charge in [-0.2, -0.15) is 13.2 Å². The van der Waals surface area contributed by atoms with Crippen LogP contribution in [0.3, 0.4) is 0 Å². The van der Waals surface area contributed by atoms with Gasteiger partial charge < -0.3 is 9.64 Å². The molecule has 3 amide bonds. The van der Waals surface area contributed by atoms with Crippen molar-refractivity contribution in [3.63, 3.8) is 0 Å². The highest BCUT2D eigenvalue weighted by Crippen LogP contribution is 2.30. The number of alkyl halides is 3. The fourth-order valence-corrected chi connectivity index (χ4v) is 4.25. The van der Waals surface area contributed by atoms with Crippen molar-refractivity contribution >= 4 is 23.5 Å². The number of nitrogens with one attached hydrogen (secondary N) is 1. The van der Waals surface area contributed by atoms with Crippen LogP contribution in [-0.4, -0.2) is 54.5 Å². The SMILES string of the molecule is O=C(NC(=O)N1CCN(CC(OCc2ccc(C(F)(F)F)cc2)c2ccc(Cl)cc2)CC1)c1ccccc1. The van der Waals surface area contributed by atoms with E-state index in [2.05, 4.69) is 10.2 Å². The molecule has 10 heteroatoms. The third kappa shape index (κ3) is 7.56. The summed E-state index contributed by atoms with van der Waals surface area (Å²) >= 11 is 6.04. The predicted octanol–water partition coefficient (Wildman–Crippen LogP) is 5.78. The van der Waals surface area contributed by atoms with Crippen LogP contribution < -0.4 is 5.32 Å². The topological polar surface area (TPSA) is 61.9 Å². The van der Waals surface area contributed by atoms with Gasteiger partial charge in [0.15, 0.2) is 0 Å². The van der Waals surface area contributed by atoms with Crippen molar-refractivity contribution in [1.29, 1.82) is 0 Å². The van der Waals surface area contributed by atoms with Crippen LogP contribution in [0.1, 0.15) is 33.2 Å². The van der Waals surface area contributed by atoms with Crippen LogP contribution in [0.5, 0.6) is 0 Å². The highest BCUT2D eigenvalue weighted by molar-refractivity contribution is 6.30. The first-order chi connectivity index (χ1) is 18.2. The molecule has 4 rings (SSSR count). The number of rotatable bonds is 7. The van der Waals surface area contributed by atoms with Crippen LogP contribution >= 0.6 is 11.6 Å². The van der Waals surface area contributed by atoms with E-state index in [0.29, 0.717) is 48.9 Å². The molecule has 1 fully saturated rings. The van der Waals surface area contributed by atoms with Crippen LogP contribution in [0, 0.1) is 0 Å². The van der Waals surface area contributed by atoms with Crippen molar-refractivity contribution in [2.24, 2.45) is 0 Å². The molecule has 38 heavy (non-hydrogen) atoms. The van der Waals surface area contributed by atoms with Gasteiger partial charge in [-0.15, -0.1) is 0 Å². The fraction of sp³-hybridized carbons (Fsp3) is 0.286. The van der Waals surface area contributed by atoms with Crippen molar-refractivity contribution in [2.75, 3.05) is 32.7 Å². The average molecular weight is 546 g/mol. The minimum atomic E-state index is -4.39. The minimum Gasteiger partial charge on any atom is -0.368 e. The Morgan fingerprint density at radius 2 is 1.53 bits per heavy atom. The van der Waals surface area contributed by atoms with Gasteiger partial charge in [0, 0.05) is 43.3 Å². The second kappa shape index (κ2) is 12.4. The fourth-order valence-electron chi connectivity index (χ4n) is 4.12. The molecule has 1 saturated heterocycles. The predicted molar refractivity (Wildman–Crippen MR) is 138 cm³/mol. The van der Waals surface area contributed by atoms with Crippen molar-refractivity contribution in [3.05, 3.63) is 106 Å². The number of carbonyl (C=O) groups is 2. The zero-order valence-corrected chi connectivity index (χ0v) is 21.2. The van der Waals surface area contributed by atoms with E-state index in [-0.39, 0.29) is 12.7 Å². The molecule has 1 unspecified atom stereocenters. The van der Waals surface area contributed by atoms with Crippen molar-refractivity contribution in [3.8, 4) is 0 Å². The minimum absolute atomic E-state index is 0.134. The van der Waals surface area contributed by atoms with Gasteiger partial charge in [0.25, 0.3) is 5.91 Å². The molecule has 1 heterocycles. The maximum Gasteiger partial charge on any atom is 0.416 e. The van der Waals surface area contributed by atoms with Gasteiger partial charge in [-0.3, -0.25) is 15.0 Å². The van der Waals surface area contributed by atoms with Gasteiger partial charge in [0.1, 0.15) is 0 Å². The summed E-state index contributed by atoms with van der Waals surface area (Å²) in [6, 6.07) is 20.3. The molecule has 3 aromatic carbocycles. The van der Waals surface area contributed by atoms with Crippen LogP contribution in [0.15, 0.2) is 78.9 Å². The quantitative estimate of drug-likeness (QED) is 0.408. The monoisotopic (exact) mass is 545 g/mol. The number of ether oxygens (including phenoxy) is 1. The summed E-state index contributed by atoms with van der Waals surface area (Å²) < 4.78 is 44.8. The molecule has 0 aromatic heterocycles. The van der Waals surface area contributed by atoms with E-state index >= 15 is 0 Å². The molecule has 1 aliphatic rings. The third-order valence-electron chi connectivity index (χ3n) is 6.31. The summed E-state index contributed by atoms with van der Waals surface area (Å²) in [5.74, 6) is -0.447. The Labute approximate surface area is 223 Å². The third-order valence-corrected chi connectivity index (χ3v) is 6.57. The lowest BCUT2D eigenvalue weighted by Crippen LogP contribution is -2.53. The van der Waals surface area contributed by atoms with Crippen LogP contribution in [0.4, 0.5) is 18.0 Å². The first-order valence-corrected chi connectivity index (χ1v) is 12.5. The lowest BCUT2D eigenvalue weighted by Gasteiger charge is -2.36. The number of hydrogen-bond acceptors (Lipinski definition) is 4. The lowest BCUT2D eigenvalue weighted by atomic mass is 10.1. The molecule has 200 valence electrons. The number of hydrogen-bond donors (Lipinski definition) is 1. The molecule has 0 aliphatic carbocycles. The maximum atomic E-state index is 12.9. The van der Waals surface area contributed by atoms with Gasteiger partial charge >= 0.3 is 12.2 Å². The zero-order chi connectivity index (χ0) is 27.1. The highest BCUT2D eigenvalue weighted by atomic mass is 35.5. The number of piperazine rings is 1. The van der Waals surface area contributed by atoms with E-state index in [1.54, 1.807) is 47.4 Å². The van der Waals surface area contributed by atoms with Crippen LogP contribution in [0.25, 0.3) is 0 Å². The Balaban J connectivity index is 1.34. The molecule has 0 radical (unpaired) electrons. The molecule has 0 spiro atoms. The zero-order valence-electron chi connectivity index (χ0n) is 20.5. The molecule has 1 aliphatic heterocycles. The number of benzene rings is 3. The number of nitrogens with zero attached hydrogens (tertiary/aromatic N) is 2. The number of amides is 3. The summed E-state index contributed by atoms with van der Waals surface area (Å²) in [7, 11) is 0. The van der Waals surface area contributed by atoms with E-state index in [1.165, 1.54) is 12.1 Å². The smallest absolute Gasteiger partial charge is 0.368 e. The van der Waals surface area contributed by atoms with Gasteiger partial charge in [-0.05, 0) is 47.5 Å². The van der Waals surface area contributed by atoms with Crippen LogP contribution in [0.2, 0.25) is 5.02 Å². The summed E-state index contributed by atoms with van der Waals surface area (Å²) in [4.78, 5) is 28.6. The van der Waals surface area contributed by atoms with E-state index in [9.17, 15) is 22.8 Å². The number of carbonyl (C=O) groups excluding carboxylic acids is 2. The van der Waals surface area contributed by atoms with Gasteiger partial charge in [0.05, 0.1) is 18.3 Å². The molecular formula is C28H27ClF3N3O3. The molecule has 1 atom stereocenters. The second-order valence-electron chi connectivity index (χ2n) is 8.96. The number of halogens is 4. The van der Waals surface area contributed by atoms with Crippen molar-refractivity contribution < 1.29 is 27.5 Å². The number of imide groups is 1. The molecule has 0 saturated carbocycles. The van der Waals surface area contributed by atoms with E-state index in [0.717, 1.165) is 17.7 Å².